The molecule has 2 aromatic heterocycles. The first-order chi connectivity index (χ1) is 20.2. The lowest BCUT2D eigenvalue weighted by molar-refractivity contribution is 0.0685. The number of para-hydroxylation sites is 2. The van der Waals surface area contributed by atoms with E-state index in [9.17, 15) is 39.3 Å². The Bertz CT molecular complexity index is 2420. The van der Waals surface area contributed by atoms with Crippen LogP contribution in [0.15, 0.2) is 77.6 Å². The number of aldehydes is 1. The van der Waals surface area contributed by atoms with Crippen LogP contribution >= 0.6 is 0 Å². The van der Waals surface area contributed by atoms with E-state index in [2.05, 4.69) is 4.98 Å². The molecule has 10 heteroatoms. The largest absolute Gasteiger partial charge is 0.478 e. The minimum Gasteiger partial charge on any atom is -0.478 e. The summed E-state index contributed by atoms with van der Waals surface area (Å²) in [7, 11) is 0. The van der Waals surface area contributed by atoms with Gasteiger partial charge in [-0.05, 0) is 53.6 Å². The van der Waals surface area contributed by atoms with E-state index in [0.717, 1.165) is 6.07 Å². The number of carboxylic acid groups (broad SMARTS) is 3. The van der Waals surface area contributed by atoms with E-state index in [1.54, 1.807) is 36.4 Å². The molecule has 7 aromatic rings. The van der Waals surface area contributed by atoms with Crippen LogP contribution in [-0.4, -0.2) is 48.9 Å². The second-order valence-corrected chi connectivity index (χ2v) is 9.78. The van der Waals surface area contributed by atoms with Crippen LogP contribution in [0, 0.1) is 0 Å². The Kier molecular flexibility index (Phi) is 5.13. The number of aromatic carboxylic acids is 3. The van der Waals surface area contributed by atoms with E-state index < -0.39 is 23.5 Å². The van der Waals surface area contributed by atoms with Crippen LogP contribution in [0.25, 0.3) is 60.1 Å². The molecule has 0 fully saturated rings. The highest BCUT2D eigenvalue weighted by molar-refractivity contribution is 6.27. The topological polar surface area (TPSA) is 163 Å². The van der Waals surface area contributed by atoms with Crippen molar-refractivity contribution in [3.63, 3.8) is 0 Å². The predicted octanol–water partition coefficient (Wildman–Crippen LogP) is 5.32. The molecule has 42 heavy (non-hydrogen) atoms. The summed E-state index contributed by atoms with van der Waals surface area (Å²) in [6.07, 6.45) is 0.484. The first-order valence-electron chi connectivity index (χ1n) is 12.6. The van der Waals surface area contributed by atoms with Crippen LogP contribution in [0.1, 0.15) is 41.4 Å². The second kappa shape index (κ2) is 8.67. The number of carboxylic acids is 3. The normalized spacial score (nSPS) is 11.6. The molecule has 0 aliphatic carbocycles. The van der Waals surface area contributed by atoms with Crippen LogP contribution in [0.5, 0.6) is 0 Å². The fraction of sp³-hybridized carbons (Fsp3) is 0. The van der Waals surface area contributed by atoms with E-state index in [1.807, 2.05) is 0 Å². The van der Waals surface area contributed by atoms with Crippen LogP contribution in [0.3, 0.4) is 0 Å². The lowest BCUT2D eigenvalue weighted by Gasteiger charge is -2.18. The maximum atomic E-state index is 13.8. The molecule has 2 heterocycles. The van der Waals surface area contributed by atoms with Crippen molar-refractivity contribution in [3.8, 4) is 11.1 Å². The summed E-state index contributed by atoms with van der Waals surface area (Å²) < 4.78 is 1.48. The highest BCUT2D eigenvalue weighted by atomic mass is 16.4. The Labute approximate surface area is 233 Å². The molecule has 0 amide bonds. The third kappa shape index (κ3) is 3.20. The molecule has 5 aromatic carbocycles. The Balaban J connectivity index is 1.74. The minimum absolute atomic E-state index is 0.0170. The van der Waals surface area contributed by atoms with Crippen LogP contribution in [0.2, 0.25) is 0 Å². The summed E-state index contributed by atoms with van der Waals surface area (Å²) in [5.41, 5.74) is 0.824. The lowest BCUT2D eigenvalue weighted by Crippen LogP contribution is -2.14. The minimum atomic E-state index is -1.40. The van der Waals surface area contributed by atoms with Crippen LogP contribution in [-0.2, 0) is 0 Å². The van der Waals surface area contributed by atoms with E-state index in [-0.39, 0.29) is 54.9 Å². The van der Waals surface area contributed by atoms with Crippen molar-refractivity contribution < 1.29 is 34.5 Å². The highest BCUT2D eigenvalue weighted by Gasteiger charge is 2.26. The number of benzene rings is 5. The summed E-state index contributed by atoms with van der Waals surface area (Å²) in [6.45, 7) is 0. The SMILES string of the molecule is O=Cc1ccc(C(=O)O)c2c(C(=O)O)ccc(-c3ccc4c(=O)n5c6ccccc6nc5c5ccc(C(=O)O)c3c45)c12. The second-order valence-electron chi connectivity index (χ2n) is 9.78. The van der Waals surface area contributed by atoms with Gasteiger partial charge in [-0.15, -0.1) is 0 Å². The number of aromatic nitrogens is 2. The van der Waals surface area contributed by atoms with Gasteiger partial charge in [0.05, 0.1) is 27.7 Å². The molecule has 0 unspecified atom stereocenters. The van der Waals surface area contributed by atoms with Crippen molar-refractivity contribution in [3.05, 3.63) is 105 Å². The number of rotatable bonds is 5. The molecule has 7 rings (SSSR count). The monoisotopic (exact) mass is 556 g/mol. The van der Waals surface area contributed by atoms with Crippen LogP contribution < -0.4 is 5.56 Å². The first kappa shape index (κ1) is 24.9. The number of pyridine rings is 1. The van der Waals surface area contributed by atoms with Crippen molar-refractivity contribution in [1.82, 2.24) is 9.38 Å². The standard InChI is InChI=1S/C32H16N2O8/c35-13-14-5-6-19(30(37)38)27-21(32(41)42)11-8-15(24(14)27)16-7-10-18-26-17(9-12-20(25(16)26)31(39)40)28-33-22-3-1-2-4-23(22)34(28)29(18)36/h1-13H,(H,37,38)(H,39,40)(H,41,42). The number of hydrogen-bond acceptors (Lipinski definition) is 6. The zero-order valence-corrected chi connectivity index (χ0v) is 21.3. The molecule has 10 nitrogen and oxygen atoms in total. The number of carbonyl (C=O) groups excluding carboxylic acids is 1. The average molecular weight is 556 g/mol. The Morgan fingerprint density at radius 3 is 1.90 bits per heavy atom. The van der Waals surface area contributed by atoms with Crippen molar-refractivity contribution in [2.45, 2.75) is 0 Å². The molecule has 0 radical (unpaired) electrons. The number of imidazole rings is 1. The Morgan fingerprint density at radius 2 is 1.21 bits per heavy atom. The van der Waals surface area contributed by atoms with Crippen molar-refractivity contribution in [2.75, 3.05) is 0 Å². The lowest BCUT2D eigenvalue weighted by atomic mass is 9.85. The number of nitrogens with zero attached hydrogens (tertiary/aromatic N) is 2. The molecular weight excluding hydrogens is 540 g/mol. The molecule has 0 saturated heterocycles. The Morgan fingerprint density at radius 1 is 0.643 bits per heavy atom. The van der Waals surface area contributed by atoms with Gasteiger partial charge < -0.3 is 15.3 Å². The van der Waals surface area contributed by atoms with Gasteiger partial charge in [-0.25, -0.2) is 19.4 Å². The van der Waals surface area contributed by atoms with Gasteiger partial charge in [-0.1, -0.05) is 30.3 Å². The smallest absolute Gasteiger partial charge is 0.336 e. The van der Waals surface area contributed by atoms with E-state index >= 15 is 0 Å². The van der Waals surface area contributed by atoms with Gasteiger partial charge in [0.1, 0.15) is 5.65 Å². The molecule has 0 saturated carbocycles. The maximum Gasteiger partial charge on any atom is 0.336 e. The van der Waals surface area contributed by atoms with Gasteiger partial charge in [-0.2, -0.15) is 0 Å². The zero-order valence-electron chi connectivity index (χ0n) is 21.3. The van der Waals surface area contributed by atoms with Gasteiger partial charge >= 0.3 is 17.9 Å². The third-order valence-electron chi connectivity index (χ3n) is 7.70. The molecule has 202 valence electrons. The summed E-state index contributed by atoms with van der Waals surface area (Å²) in [5, 5.41) is 31.1. The molecule has 0 bridgehead atoms. The van der Waals surface area contributed by atoms with Crippen molar-refractivity contribution in [2.24, 2.45) is 0 Å². The van der Waals surface area contributed by atoms with Gasteiger partial charge in [0.25, 0.3) is 5.56 Å². The van der Waals surface area contributed by atoms with Gasteiger partial charge in [0.15, 0.2) is 6.29 Å². The number of fused-ring (bicyclic) bond motifs is 5. The molecule has 0 atom stereocenters. The summed E-state index contributed by atoms with van der Waals surface area (Å²) >= 11 is 0. The number of hydrogen-bond donors (Lipinski definition) is 3. The highest BCUT2D eigenvalue weighted by Crippen LogP contribution is 2.42. The molecule has 0 aliphatic rings. The molecule has 0 aliphatic heterocycles. The fourth-order valence-electron chi connectivity index (χ4n) is 6.00. The first-order valence-corrected chi connectivity index (χ1v) is 12.6. The summed E-state index contributed by atoms with van der Waals surface area (Å²) in [4.78, 5) is 67.6. The van der Waals surface area contributed by atoms with Crippen molar-refractivity contribution in [1.29, 1.82) is 0 Å². The predicted molar refractivity (Wildman–Crippen MR) is 154 cm³/mol. The average Bonchev–Trinajstić information content (AvgIpc) is 3.38. The third-order valence-corrected chi connectivity index (χ3v) is 7.70. The zero-order chi connectivity index (χ0) is 29.4. The molecule has 3 N–H and O–H groups in total. The van der Waals surface area contributed by atoms with E-state index in [1.165, 1.54) is 34.7 Å². The van der Waals surface area contributed by atoms with Gasteiger partial charge in [0.2, 0.25) is 0 Å². The summed E-state index contributed by atoms with van der Waals surface area (Å²) in [5.74, 6) is -4.07. The van der Waals surface area contributed by atoms with Gasteiger partial charge in [-0.3, -0.25) is 14.0 Å². The van der Waals surface area contributed by atoms with Crippen molar-refractivity contribution >= 4 is 73.2 Å². The number of carbonyl (C=O) groups is 4. The quantitative estimate of drug-likeness (QED) is 0.238. The summed E-state index contributed by atoms with van der Waals surface area (Å²) in [6, 6.07) is 18.3. The van der Waals surface area contributed by atoms with Crippen LogP contribution in [0.4, 0.5) is 0 Å². The van der Waals surface area contributed by atoms with E-state index in [4.69, 9.17) is 0 Å². The molecular formula is C32H16N2O8. The van der Waals surface area contributed by atoms with E-state index in [0.29, 0.717) is 33.7 Å². The Hall–Kier alpha value is -6.16. The molecule has 0 spiro atoms. The maximum absolute atomic E-state index is 13.8. The fourth-order valence-corrected chi connectivity index (χ4v) is 6.00. The van der Waals surface area contributed by atoms with Gasteiger partial charge in [0, 0.05) is 37.9 Å².